The summed E-state index contributed by atoms with van der Waals surface area (Å²) in [6, 6.07) is 17.8. The molecule has 9 rings (SSSR count). The van der Waals surface area contributed by atoms with Crippen molar-refractivity contribution in [3.8, 4) is 0 Å². The molecule has 0 radical (unpaired) electrons. The van der Waals surface area contributed by atoms with Gasteiger partial charge >= 0.3 is 0 Å². The number of hydrogen-bond donors (Lipinski definition) is 9. The van der Waals surface area contributed by atoms with Crippen LogP contribution in [0.15, 0.2) is 91.8 Å². The zero-order valence-electron chi connectivity index (χ0n) is 27.6. The second-order valence-electron chi connectivity index (χ2n) is 11.1. The number of nitrogens with zero attached hydrogens (tertiary/aromatic N) is 9. The highest BCUT2D eigenvalue weighted by molar-refractivity contribution is 5.98. The van der Waals surface area contributed by atoms with Gasteiger partial charge in [-0.15, -0.1) is 0 Å². The normalized spacial score (nSPS) is 10.7. The number of halogens is 3. The molecule has 0 fully saturated rings. The van der Waals surface area contributed by atoms with Crippen molar-refractivity contribution in [3.63, 3.8) is 0 Å². The average Bonchev–Trinajstić information content (AvgIpc) is 3.91. The van der Waals surface area contributed by atoms with Crippen LogP contribution in [0.5, 0.6) is 0 Å². The van der Waals surface area contributed by atoms with Gasteiger partial charge in [-0.25, -0.2) is 43.1 Å². The van der Waals surface area contributed by atoms with Gasteiger partial charge in [0.1, 0.15) is 87.5 Å². The number of rotatable bonds is 6. The van der Waals surface area contributed by atoms with Gasteiger partial charge < -0.3 is 33.2 Å². The van der Waals surface area contributed by atoms with E-state index < -0.39 is 0 Å². The number of nitrogens with two attached hydrogens (primary N) is 3. The van der Waals surface area contributed by atoms with Crippen molar-refractivity contribution >= 4 is 85.1 Å². The summed E-state index contributed by atoms with van der Waals surface area (Å²) in [6.45, 7) is 0. The molecule has 6 aromatic heterocycles. The molecular formula is C33H27F3N18. The third-order valence-corrected chi connectivity index (χ3v) is 7.48. The maximum absolute atomic E-state index is 12.8. The van der Waals surface area contributed by atoms with E-state index in [1.807, 2.05) is 0 Å². The molecule has 21 heteroatoms. The lowest BCUT2D eigenvalue weighted by Crippen LogP contribution is -1.95. The number of nitrogens with one attached hydrogen (secondary N) is 6. The van der Waals surface area contributed by atoms with Gasteiger partial charge in [0.05, 0.1) is 0 Å². The van der Waals surface area contributed by atoms with E-state index in [0.29, 0.717) is 85.1 Å². The van der Waals surface area contributed by atoms with Crippen molar-refractivity contribution in [2.45, 2.75) is 0 Å². The van der Waals surface area contributed by atoms with Crippen molar-refractivity contribution in [2.24, 2.45) is 0 Å². The minimum Gasteiger partial charge on any atom is -0.383 e. The van der Waals surface area contributed by atoms with Crippen LogP contribution in [0.2, 0.25) is 0 Å². The summed E-state index contributed by atoms with van der Waals surface area (Å²) in [4.78, 5) is 23.7. The van der Waals surface area contributed by atoms with Crippen molar-refractivity contribution in [1.82, 2.24) is 60.5 Å². The molecule has 3 aromatic carbocycles. The first-order chi connectivity index (χ1) is 26.2. The Morgan fingerprint density at radius 1 is 0.389 bits per heavy atom. The van der Waals surface area contributed by atoms with Crippen LogP contribution in [0.25, 0.3) is 33.1 Å². The van der Waals surface area contributed by atoms with Crippen LogP contribution in [-0.2, 0) is 0 Å². The monoisotopic (exact) mass is 732 g/mol. The van der Waals surface area contributed by atoms with Gasteiger partial charge in [-0.1, -0.05) is 0 Å². The molecule has 18 nitrogen and oxygen atoms in total. The van der Waals surface area contributed by atoms with Crippen LogP contribution in [0.1, 0.15) is 0 Å². The Kier molecular flexibility index (Phi) is 9.56. The molecule has 9 aromatic rings. The fourth-order valence-electron chi connectivity index (χ4n) is 4.94. The first-order valence-corrected chi connectivity index (χ1v) is 15.6. The van der Waals surface area contributed by atoms with E-state index in [0.717, 1.165) is 0 Å². The van der Waals surface area contributed by atoms with E-state index in [1.165, 1.54) is 55.4 Å². The second kappa shape index (κ2) is 15.0. The summed E-state index contributed by atoms with van der Waals surface area (Å²) in [6.07, 6.45) is 4.04. The predicted molar refractivity (Wildman–Crippen MR) is 197 cm³/mol. The van der Waals surface area contributed by atoms with Crippen molar-refractivity contribution in [2.75, 3.05) is 33.2 Å². The zero-order chi connectivity index (χ0) is 37.6. The van der Waals surface area contributed by atoms with Gasteiger partial charge in [0.15, 0.2) is 16.9 Å². The van der Waals surface area contributed by atoms with Gasteiger partial charge in [0, 0.05) is 17.1 Å². The van der Waals surface area contributed by atoms with Crippen LogP contribution in [0.4, 0.5) is 65.1 Å². The highest BCUT2D eigenvalue weighted by atomic mass is 19.1. The highest BCUT2D eigenvalue weighted by Crippen LogP contribution is 2.28. The number of benzene rings is 3. The fraction of sp³-hybridized carbons (Fsp3) is 0. The zero-order valence-corrected chi connectivity index (χ0v) is 27.6. The van der Waals surface area contributed by atoms with E-state index >= 15 is 0 Å². The maximum atomic E-state index is 12.8. The lowest BCUT2D eigenvalue weighted by Gasteiger charge is -2.04. The first-order valence-electron chi connectivity index (χ1n) is 15.6. The molecule has 270 valence electrons. The standard InChI is InChI=1S/3C11H9FN6/c3*12-6-1-3-7(4-2-6)16-11-8-9(13)14-5-15-10(8)17-18-11/h3*1-5H,(H4,13,14,15,16,17,18). The van der Waals surface area contributed by atoms with Crippen LogP contribution >= 0.6 is 0 Å². The Morgan fingerprint density at radius 3 is 0.907 bits per heavy atom. The second-order valence-corrected chi connectivity index (χ2v) is 11.1. The van der Waals surface area contributed by atoms with Gasteiger partial charge in [-0.05, 0) is 72.8 Å². The maximum Gasteiger partial charge on any atom is 0.188 e. The Balaban J connectivity index is 0.000000125. The Hall–Kier alpha value is -8.10. The summed E-state index contributed by atoms with van der Waals surface area (Å²) in [7, 11) is 0. The third-order valence-electron chi connectivity index (χ3n) is 7.48. The van der Waals surface area contributed by atoms with E-state index in [-0.39, 0.29) is 17.5 Å². The Bertz CT molecular complexity index is 2360. The molecule has 6 heterocycles. The number of hydrogen-bond acceptors (Lipinski definition) is 15. The summed E-state index contributed by atoms with van der Waals surface area (Å²) in [5.74, 6) is 1.85. The summed E-state index contributed by atoms with van der Waals surface area (Å²) < 4.78 is 38.4. The van der Waals surface area contributed by atoms with Crippen molar-refractivity contribution in [3.05, 3.63) is 109 Å². The SMILES string of the molecule is Nc1ncnc2n[nH]c(Nc3ccc(F)cc3)c12.Nc1ncnc2n[nH]c(Nc3ccc(F)cc3)c12.Nc1ncnc2n[nH]c(Nc3ccc(F)cc3)c12. The minimum absolute atomic E-state index is 0.294. The molecule has 0 bridgehead atoms. The number of nitrogen functional groups attached to an aromatic ring is 3. The molecular weight excluding hydrogens is 705 g/mol. The van der Waals surface area contributed by atoms with E-state index in [4.69, 9.17) is 17.2 Å². The fourth-order valence-corrected chi connectivity index (χ4v) is 4.94. The molecule has 0 unspecified atom stereocenters. The predicted octanol–water partition coefficient (Wildman–Crippen LogP) is 5.45. The average molecular weight is 733 g/mol. The number of aromatic amines is 3. The number of aromatic nitrogens is 12. The first kappa shape index (κ1) is 34.4. The van der Waals surface area contributed by atoms with Gasteiger partial charge in [0.25, 0.3) is 0 Å². The lowest BCUT2D eigenvalue weighted by molar-refractivity contribution is 0.627. The number of anilines is 9. The summed E-state index contributed by atoms with van der Waals surface area (Å²) in [5.41, 5.74) is 20.9. The number of fused-ring (bicyclic) bond motifs is 3. The molecule has 0 aliphatic rings. The highest BCUT2D eigenvalue weighted by Gasteiger charge is 2.13. The topological polar surface area (TPSA) is 278 Å². The van der Waals surface area contributed by atoms with Crippen LogP contribution in [0, 0.1) is 17.5 Å². The summed E-state index contributed by atoms with van der Waals surface area (Å²) >= 11 is 0. The van der Waals surface area contributed by atoms with Gasteiger partial charge in [-0.2, -0.15) is 15.3 Å². The molecule has 0 saturated carbocycles. The lowest BCUT2D eigenvalue weighted by atomic mass is 10.3. The van der Waals surface area contributed by atoms with Crippen LogP contribution < -0.4 is 33.2 Å². The van der Waals surface area contributed by atoms with Crippen molar-refractivity contribution in [1.29, 1.82) is 0 Å². The third kappa shape index (κ3) is 7.63. The smallest absolute Gasteiger partial charge is 0.188 e. The Morgan fingerprint density at radius 2 is 0.648 bits per heavy atom. The van der Waals surface area contributed by atoms with Crippen LogP contribution in [0.3, 0.4) is 0 Å². The summed E-state index contributed by atoms with van der Waals surface area (Å²) in [5, 5.41) is 31.3. The van der Waals surface area contributed by atoms with Crippen LogP contribution in [-0.4, -0.2) is 60.5 Å². The molecule has 0 atom stereocenters. The van der Waals surface area contributed by atoms with E-state index in [1.54, 1.807) is 36.4 Å². The van der Waals surface area contributed by atoms with E-state index in [2.05, 4.69) is 76.4 Å². The largest absolute Gasteiger partial charge is 0.383 e. The molecule has 54 heavy (non-hydrogen) atoms. The minimum atomic E-state index is -0.294. The van der Waals surface area contributed by atoms with Gasteiger partial charge in [-0.3, -0.25) is 15.3 Å². The Labute approximate surface area is 300 Å². The molecule has 0 amide bonds. The van der Waals surface area contributed by atoms with E-state index in [9.17, 15) is 13.2 Å². The number of H-pyrrole nitrogens is 3. The molecule has 0 spiro atoms. The molecule has 0 aliphatic carbocycles. The molecule has 12 N–H and O–H groups in total. The quantitative estimate of drug-likeness (QED) is 0.103. The van der Waals surface area contributed by atoms with Crippen molar-refractivity contribution < 1.29 is 13.2 Å². The van der Waals surface area contributed by atoms with Gasteiger partial charge in [0.2, 0.25) is 0 Å². The molecule has 0 saturated heterocycles. The molecule has 0 aliphatic heterocycles.